The second-order valence-electron chi connectivity index (χ2n) is 5.67. The van der Waals surface area contributed by atoms with Gasteiger partial charge < -0.3 is 4.74 Å². The molecule has 1 unspecified atom stereocenters. The molecule has 0 radical (unpaired) electrons. The smallest absolute Gasteiger partial charge is 0.132 e. The molecular weight excluding hydrogens is 328 g/mol. The zero-order chi connectivity index (χ0) is 15.4. The monoisotopic (exact) mass is 350 g/mol. The maximum Gasteiger partial charge on any atom is 0.132 e. The number of hydrogen-bond acceptors (Lipinski definition) is 2. The first-order valence-corrected chi connectivity index (χ1v) is 8.26. The third-order valence-electron chi connectivity index (χ3n) is 3.68. The fraction of sp³-hybridized carbons (Fsp3) is 0.471. The largest absolute Gasteiger partial charge is 0.487 e. The number of aromatic nitrogens is 2. The van der Waals surface area contributed by atoms with Crippen LogP contribution in [0, 0.1) is 0 Å². The quantitative estimate of drug-likeness (QED) is 0.704. The molecule has 2 rings (SSSR count). The summed E-state index contributed by atoms with van der Waals surface area (Å²) in [6.07, 6.45) is 3.10. The summed E-state index contributed by atoms with van der Waals surface area (Å²) in [5, 5.41) is 4.57. The minimum absolute atomic E-state index is 0.426. The highest BCUT2D eigenvalue weighted by Gasteiger charge is 2.10. The van der Waals surface area contributed by atoms with Crippen molar-refractivity contribution in [2.24, 2.45) is 0 Å². The Morgan fingerprint density at radius 1 is 1.24 bits per heavy atom. The second-order valence-corrected chi connectivity index (χ2v) is 6.59. The summed E-state index contributed by atoms with van der Waals surface area (Å²) in [4.78, 5) is 0. The summed E-state index contributed by atoms with van der Waals surface area (Å²) in [6.45, 7) is 9.19. The summed E-state index contributed by atoms with van der Waals surface area (Å²) >= 11 is 3.52. The fourth-order valence-corrected chi connectivity index (χ4v) is 2.52. The molecule has 0 saturated carbocycles. The molecular formula is C17H23BrN2O. The normalized spacial score (nSPS) is 12.7. The van der Waals surface area contributed by atoms with Crippen molar-refractivity contribution in [3.05, 3.63) is 46.2 Å². The van der Waals surface area contributed by atoms with Gasteiger partial charge in [0.25, 0.3) is 0 Å². The highest BCUT2D eigenvalue weighted by atomic mass is 79.9. The first kappa shape index (κ1) is 16.1. The van der Waals surface area contributed by atoms with Crippen LogP contribution in [0.25, 0.3) is 0 Å². The number of rotatable bonds is 6. The van der Waals surface area contributed by atoms with Crippen molar-refractivity contribution in [2.45, 2.75) is 52.7 Å². The molecule has 1 aromatic carbocycles. The Bertz CT molecular complexity index is 592. The Morgan fingerprint density at radius 2 is 2.00 bits per heavy atom. The second kappa shape index (κ2) is 7.12. The van der Waals surface area contributed by atoms with E-state index in [4.69, 9.17) is 4.74 Å². The van der Waals surface area contributed by atoms with Gasteiger partial charge in [-0.25, -0.2) is 0 Å². The maximum atomic E-state index is 5.97. The van der Waals surface area contributed by atoms with E-state index in [1.54, 1.807) is 0 Å². The molecule has 21 heavy (non-hydrogen) atoms. The molecule has 0 spiro atoms. The minimum atomic E-state index is 0.426. The van der Waals surface area contributed by atoms with Crippen LogP contribution >= 0.6 is 15.9 Å². The molecule has 1 aromatic heterocycles. The van der Waals surface area contributed by atoms with Crippen molar-refractivity contribution >= 4 is 15.9 Å². The van der Waals surface area contributed by atoms with Crippen molar-refractivity contribution in [2.75, 3.05) is 0 Å². The number of benzene rings is 1. The van der Waals surface area contributed by atoms with Crippen molar-refractivity contribution in [3.63, 3.8) is 0 Å². The first-order chi connectivity index (χ1) is 10.0. The Morgan fingerprint density at radius 3 is 2.67 bits per heavy atom. The Kier molecular flexibility index (Phi) is 5.45. The van der Waals surface area contributed by atoms with Crippen LogP contribution < -0.4 is 4.74 Å². The van der Waals surface area contributed by atoms with Gasteiger partial charge in [-0.1, -0.05) is 36.7 Å². The van der Waals surface area contributed by atoms with Crippen LogP contribution in [0.5, 0.6) is 5.75 Å². The van der Waals surface area contributed by atoms with Gasteiger partial charge in [0.15, 0.2) is 0 Å². The number of halogens is 1. The third-order valence-corrected chi connectivity index (χ3v) is 4.17. The van der Waals surface area contributed by atoms with E-state index < -0.39 is 0 Å². The molecule has 1 heterocycles. The van der Waals surface area contributed by atoms with E-state index in [0.29, 0.717) is 18.6 Å². The van der Waals surface area contributed by atoms with Crippen molar-refractivity contribution in [3.8, 4) is 5.75 Å². The molecule has 0 bridgehead atoms. The molecule has 0 N–H and O–H groups in total. The van der Waals surface area contributed by atoms with E-state index in [1.807, 2.05) is 29.1 Å². The van der Waals surface area contributed by atoms with E-state index in [-0.39, 0.29) is 0 Å². The van der Waals surface area contributed by atoms with Crippen LogP contribution in [0.1, 0.15) is 57.3 Å². The lowest BCUT2D eigenvalue weighted by molar-refractivity contribution is 0.294. The zero-order valence-electron chi connectivity index (χ0n) is 13.1. The van der Waals surface area contributed by atoms with Gasteiger partial charge in [-0.15, -0.1) is 0 Å². The lowest BCUT2D eigenvalue weighted by Gasteiger charge is -2.14. The fourth-order valence-electron chi connectivity index (χ4n) is 2.14. The SMILES string of the molecule is CCC(C)n1ccc(COc2ccc(Br)cc2C(C)C)n1. The number of nitrogens with zero attached hydrogens (tertiary/aromatic N) is 2. The molecule has 0 aliphatic carbocycles. The molecule has 2 aromatic rings. The number of ether oxygens (including phenoxy) is 1. The van der Waals surface area contributed by atoms with Gasteiger partial charge in [0.05, 0.1) is 5.69 Å². The van der Waals surface area contributed by atoms with E-state index in [2.05, 4.69) is 54.8 Å². The Hall–Kier alpha value is -1.29. The van der Waals surface area contributed by atoms with Crippen molar-refractivity contribution in [1.29, 1.82) is 0 Å². The Balaban J connectivity index is 2.08. The first-order valence-electron chi connectivity index (χ1n) is 7.47. The summed E-state index contributed by atoms with van der Waals surface area (Å²) in [5.74, 6) is 1.36. The van der Waals surface area contributed by atoms with Gasteiger partial charge in [-0.3, -0.25) is 4.68 Å². The average molecular weight is 351 g/mol. The molecule has 0 saturated heterocycles. The lowest BCUT2D eigenvalue weighted by atomic mass is 10.0. The topological polar surface area (TPSA) is 27.1 Å². The van der Waals surface area contributed by atoms with Gasteiger partial charge in [-0.2, -0.15) is 5.10 Å². The lowest BCUT2D eigenvalue weighted by Crippen LogP contribution is -2.06. The molecule has 0 fully saturated rings. The standard InChI is InChI=1S/C17H23BrN2O/c1-5-13(4)20-9-8-15(19-20)11-21-17-7-6-14(18)10-16(17)12(2)3/h6-10,12-13H,5,11H2,1-4H3. The van der Waals surface area contributed by atoms with Crippen LogP contribution in [-0.2, 0) is 6.61 Å². The van der Waals surface area contributed by atoms with Crippen molar-refractivity contribution in [1.82, 2.24) is 9.78 Å². The maximum absolute atomic E-state index is 5.97. The summed E-state index contributed by atoms with van der Waals surface area (Å²) in [6, 6.07) is 8.61. The van der Waals surface area contributed by atoms with E-state index in [1.165, 1.54) is 5.56 Å². The highest BCUT2D eigenvalue weighted by molar-refractivity contribution is 9.10. The average Bonchev–Trinajstić information content (AvgIpc) is 2.93. The summed E-state index contributed by atoms with van der Waals surface area (Å²) in [5.41, 5.74) is 2.18. The number of hydrogen-bond donors (Lipinski definition) is 0. The predicted molar refractivity (Wildman–Crippen MR) is 89.8 cm³/mol. The zero-order valence-corrected chi connectivity index (χ0v) is 14.7. The molecule has 0 aliphatic rings. The molecule has 1 atom stereocenters. The van der Waals surface area contributed by atoms with Crippen LogP contribution in [0.4, 0.5) is 0 Å². The van der Waals surface area contributed by atoms with Gasteiger partial charge >= 0.3 is 0 Å². The minimum Gasteiger partial charge on any atom is -0.487 e. The summed E-state index contributed by atoms with van der Waals surface area (Å²) in [7, 11) is 0. The van der Waals surface area contributed by atoms with E-state index in [0.717, 1.165) is 22.3 Å². The van der Waals surface area contributed by atoms with E-state index in [9.17, 15) is 0 Å². The van der Waals surface area contributed by atoms with Crippen LogP contribution in [0.3, 0.4) is 0 Å². The van der Waals surface area contributed by atoms with E-state index >= 15 is 0 Å². The predicted octanol–water partition coefficient (Wildman–Crippen LogP) is 5.32. The highest BCUT2D eigenvalue weighted by Crippen LogP contribution is 2.30. The molecule has 114 valence electrons. The van der Waals surface area contributed by atoms with Crippen LogP contribution in [0.2, 0.25) is 0 Å². The van der Waals surface area contributed by atoms with Gasteiger partial charge in [-0.05, 0) is 49.1 Å². The van der Waals surface area contributed by atoms with Gasteiger partial charge in [0.2, 0.25) is 0 Å². The molecule has 3 nitrogen and oxygen atoms in total. The van der Waals surface area contributed by atoms with Crippen LogP contribution in [0.15, 0.2) is 34.9 Å². The van der Waals surface area contributed by atoms with Gasteiger partial charge in [0.1, 0.15) is 12.4 Å². The summed E-state index contributed by atoms with van der Waals surface area (Å²) < 4.78 is 9.06. The molecule has 0 aliphatic heterocycles. The van der Waals surface area contributed by atoms with Crippen LogP contribution in [-0.4, -0.2) is 9.78 Å². The van der Waals surface area contributed by atoms with Crippen molar-refractivity contribution < 1.29 is 4.74 Å². The Labute approximate surface area is 135 Å². The molecule has 4 heteroatoms. The third kappa shape index (κ3) is 4.10. The molecule has 0 amide bonds. The van der Waals surface area contributed by atoms with Gasteiger partial charge in [0, 0.05) is 16.7 Å².